The summed E-state index contributed by atoms with van der Waals surface area (Å²) < 4.78 is 4.80. The van der Waals surface area contributed by atoms with Crippen molar-refractivity contribution in [3.63, 3.8) is 0 Å². The third-order valence-corrected chi connectivity index (χ3v) is 2.83. The second kappa shape index (κ2) is 8.64. The maximum absolute atomic E-state index is 11.6. The fraction of sp³-hybridized carbons (Fsp3) is 0.571. The molecule has 0 bridgehead atoms. The van der Waals surface area contributed by atoms with Gasteiger partial charge >= 0.3 is 5.97 Å². The van der Waals surface area contributed by atoms with Crippen molar-refractivity contribution in [2.75, 3.05) is 13.7 Å². The topological polar surface area (TPSA) is 51.2 Å². The van der Waals surface area contributed by atoms with Crippen molar-refractivity contribution >= 4 is 5.97 Å². The second-order valence-corrected chi connectivity index (χ2v) is 4.24. The van der Waals surface area contributed by atoms with Crippen LogP contribution in [0.1, 0.15) is 31.9 Å². The predicted molar refractivity (Wildman–Crippen MR) is 71.3 cm³/mol. The first-order valence-corrected chi connectivity index (χ1v) is 6.49. The van der Waals surface area contributed by atoms with E-state index in [0.717, 1.165) is 37.9 Å². The molecular formula is C14H22N2O2. The number of ether oxygens (including phenoxy) is 1. The van der Waals surface area contributed by atoms with Crippen molar-refractivity contribution in [1.29, 1.82) is 0 Å². The molecule has 1 atom stereocenters. The number of rotatable bonds is 8. The molecule has 0 aliphatic heterocycles. The van der Waals surface area contributed by atoms with E-state index in [1.807, 2.05) is 18.2 Å². The number of pyridine rings is 1. The monoisotopic (exact) mass is 250 g/mol. The molecule has 4 nitrogen and oxygen atoms in total. The number of nitrogens with one attached hydrogen (secondary N) is 1. The van der Waals surface area contributed by atoms with E-state index < -0.39 is 0 Å². The number of hydrogen-bond acceptors (Lipinski definition) is 4. The van der Waals surface area contributed by atoms with Gasteiger partial charge in [0.15, 0.2) is 0 Å². The first kappa shape index (κ1) is 14.6. The van der Waals surface area contributed by atoms with Crippen molar-refractivity contribution in [2.45, 2.75) is 38.6 Å². The van der Waals surface area contributed by atoms with Gasteiger partial charge in [0, 0.05) is 24.9 Å². The summed E-state index contributed by atoms with van der Waals surface area (Å²) in [5.41, 5.74) is 1.03. The molecule has 0 saturated heterocycles. The molecule has 1 N–H and O–H groups in total. The molecule has 4 heteroatoms. The smallest absolute Gasteiger partial charge is 0.322 e. The lowest BCUT2D eigenvalue weighted by Crippen LogP contribution is -2.38. The molecule has 0 saturated carbocycles. The molecule has 0 aliphatic carbocycles. The Morgan fingerprint density at radius 2 is 2.33 bits per heavy atom. The zero-order chi connectivity index (χ0) is 13.2. The van der Waals surface area contributed by atoms with E-state index in [-0.39, 0.29) is 12.0 Å². The zero-order valence-electron chi connectivity index (χ0n) is 11.2. The van der Waals surface area contributed by atoms with Gasteiger partial charge in [-0.05, 0) is 18.6 Å². The van der Waals surface area contributed by atoms with Gasteiger partial charge in [0.05, 0.1) is 7.11 Å². The van der Waals surface area contributed by atoms with Crippen LogP contribution in [0.4, 0.5) is 0 Å². The van der Waals surface area contributed by atoms with Crippen LogP contribution in [-0.4, -0.2) is 30.6 Å². The van der Waals surface area contributed by atoms with Gasteiger partial charge in [0.2, 0.25) is 0 Å². The minimum absolute atomic E-state index is 0.176. The van der Waals surface area contributed by atoms with Crippen molar-refractivity contribution < 1.29 is 9.53 Å². The summed E-state index contributed by atoms with van der Waals surface area (Å²) in [5, 5.41) is 3.24. The molecule has 0 aliphatic rings. The van der Waals surface area contributed by atoms with Crippen LogP contribution in [0, 0.1) is 0 Å². The Balaban J connectivity index is 2.35. The van der Waals surface area contributed by atoms with Crippen LogP contribution < -0.4 is 5.32 Å². The van der Waals surface area contributed by atoms with Crippen molar-refractivity contribution in [3.8, 4) is 0 Å². The predicted octanol–water partition coefficient (Wildman–Crippen LogP) is 1.95. The van der Waals surface area contributed by atoms with Gasteiger partial charge in [-0.1, -0.05) is 25.8 Å². The number of carbonyl (C=O) groups is 1. The number of unbranched alkanes of at least 4 members (excludes halogenated alkanes) is 1. The lowest BCUT2D eigenvalue weighted by atomic mass is 10.1. The zero-order valence-corrected chi connectivity index (χ0v) is 11.2. The Kier molecular flexibility index (Phi) is 7.03. The maximum atomic E-state index is 11.6. The fourth-order valence-corrected chi connectivity index (χ4v) is 1.77. The average Bonchev–Trinajstić information content (AvgIpc) is 2.43. The van der Waals surface area contributed by atoms with Crippen LogP contribution >= 0.6 is 0 Å². The van der Waals surface area contributed by atoms with Gasteiger partial charge in [-0.3, -0.25) is 9.78 Å². The fourth-order valence-electron chi connectivity index (χ4n) is 1.77. The third-order valence-electron chi connectivity index (χ3n) is 2.83. The Labute approximate surface area is 109 Å². The Morgan fingerprint density at radius 1 is 1.50 bits per heavy atom. The standard InChI is InChI=1S/C14H22N2O2/c1-3-4-8-13(14(17)18-2)16-11-9-12-7-5-6-10-15-12/h5-7,10,13,16H,3-4,8-9,11H2,1-2H3. The van der Waals surface area contributed by atoms with Crippen molar-refractivity contribution in [3.05, 3.63) is 30.1 Å². The summed E-state index contributed by atoms with van der Waals surface area (Å²) in [5.74, 6) is -0.176. The van der Waals surface area contributed by atoms with E-state index in [0.29, 0.717) is 0 Å². The summed E-state index contributed by atoms with van der Waals surface area (Å²) in [6.45, 7) is 2.85. The highest BCUT2D eigenvalue weighted by atomic mass is 16.5. The highest BCUT2D eigenvalue weighted by Crippen LogP contribution is 2.03. The van der Waals surface area contributed by atoms with Crippen molar-refractivity contribution in [2.24, 2.45) is 0 Å². The summed E-state index contributed by atoms with van der Waals surface area (Å²) in [7, 11) is 1.43. The van der Waals surface area contributed by atoms with E-state index in [9.17, 15) is 4.79 Å². The van der Waals surface area contributed by atoms with Gasteiger partial charge in [-0.2, -0.15) is 0 Å². The molecule has 1 rings (SSSR count). The van der Waals surface area contributed by atoms with E-state index in [1.54, 1.807) is 6.20 Å². The number of hydrogen-bond donors (Lipinski definition) is 1. The molecule has 18 heavy (non-hydrogen) atoms. The van der Waals surface area contributed by atoms with E-state index in [2.05, 4.69) is 17.2 Å². The molecule has 1 aromatic heterocycles. The lowest BCUT2D eigenvalue weighted by molar-refractivity contribution is -0.143. The molecular weight excluding hydrogens is 228 g/mol. The van der Waals surface area contributed by atoms with Crippen LogP contribution in [0.25, 0.3) is 0 Å². The number of aromatic nitrogens is 1. The minimum Gasteiger partial charge on any atom is -0.468 e. The first-order chi connectivity index (χ1) is 8.77. The van der Waals surface area contributed by atoms with Crippen LogP contribution in [0.5, 0.6) is 0 Å². The van der Waals surface area contributed by atoms with E-state index in [4.69, 9.17) is 4.74 Å². The molecule has 0 amide bonds. The largest absolute Gasteiger partial charge is 0.468 e. The molecule has 0 aromatic carbocycles. The first-order valence-electron chi connectivity index (χ1n) is 6.49. The highest BCUT2D eigenvalue weighted by Gasteiger charge is 2.17. The lowest BCUT2D eigenvalue weighted by Gasteiger charge is -2.15. The van der Waals surface area contributed by atoms with Gasteiger partial charge in [-0.15, -0.1) is 0 Å². The summed E-state index contributed by atoms with van der Waals surface area (Å²) in [4.78, 5) is 15.8. The molecule has 1 unspecified atom stereocenters. The second-order valence-electron chi connectivity index (χ2n) is 4.24. The summed E-state index contributed by atoms with van der Waals surface area (Å²) >= 11 is 0. The van der Waals surface area contributed by atoms with Gasteiger partial charge in [-0.25, -0.2) is 0 Å². The SMILES string of the molecule is CCCCC(NCCc1ccccn1)C(=O)OC. The Hall–Kier alpha value is -1.42. The third kappa shape index (κ3) is 5.27. The maximum Gasteiger partial charge on any atom is 0.322 e. The molecule has 0 spiro atoms. The minimum atomic E-state index is -0.196. The van der Waals surface area contributed by atoms with Gasteiger partial charge in [0.1, 0.15) is 6.04 Å². The van der Waals surface area contributed by atoms with Crippen LogP contribution in [0.2, 0.25) is 0 Å². The van der Waals surface area contributed by atoms with E-state index in [1.165, 1.54) is 7.11 Å². The van der Waals surface area contributed by atoms with Gasteiger partial charge < -0.3 is 10.1 Å². The normalized spacial score (nSPS) is 12.1. The summed E-state index contributed by atoms with van der Waals surface area (Å²) in [6.07, 6.45) is 5.53. The van der Waals surface area contributed by atoms with Gasteiger partial charge in [0.25, 0.3) is 0 Å². The van der Waals surface area contributed by atoms with E-state index >= 15 is 0 Å². The highest BCUT2D eigenvalue weighted by molar-refractivity contribution is 5.75. The van der Waals surface area contributed by atoms with Crippen LogP contribution in [0.3, 0.4) is 0 Å². The Bertz CT molecular complexity index is 341. The van der Waals surface area contributed by atoms with Crippen LogP contribution in [0.15, 0.2) is 24.4 Å². The number of carbonyl (C=O) groups excluding carboxylic acids is 1. The molecule has 0 radical (unpaired) electrons. The average molecular weight is 250 g/mol. The quantitative estimate of drug-likeness (QED) is 0.716. The molecule has 1 aromatic rings. The van der Waals surface area contributed by atoms with Crippen molar-refractivity contribution in [1.82, 2.24) is 10.3 Å². The number of nitrogens with zero attached hydrogens (tertiary/aromatic N) is 1. The Morgan fingerprint density at radius 3 is 2.94 bits per heavy atom. The number of methoxy groups -OCH3 is 1. The molecule has 1 heterocycles. The number of esters is 1. The molecule has 0 fully saturated rings. The van der Waals surface area contributed by atoms with Crippen LogP contribution in [-0.2, 0) is 16.0 Å². The molecule has 100 valence electrons. The summed E-state index contributed by atoms with van der Waals surface area (Å²) in [6, 6.07) is 5.66.